The first-order valence-corrected chi connectivity index (χ1v) is 6.59. The van der Waals surface area contributed by atoms with Gasteiger partial charge in [-0.15, -0.1) is 14.8 Å². The number of hydrogen-bond acceptors (Lipinski definition) is 7. The Balaban J connectivity index is 1.64. The number of aromatic nitrogens is 5. The first-order chi connectivity index (χ1) is 9.36. The van der Waals surface area contributed by atoms with Gasteiger partial charge in [-0.1, -0.05) is 0 Å². The maximum atomic E-state index is 5.54. The maximum Gasteiger partial charge on any atom is 0.200 e. The van der Waals surface area contributed by atoms with Crippen LogP contribution < -0.4 is 10.6 Å². The molecule has 0 saturated carbocycles. The van der Waals surface area contributed by atoms with Crippen molar-refractivity contribution >= 4 is 11.5 Å². The Labute approximate surface area is 111 Å². The molecule has 0 aromatic carbocycles. The molecular formula is C11H18N8. The zero-order valence-corrected chi connectivity index (χ0v) is 10.8. The van der Waals surface area contributed by atoms with Crippen LogP contribution in [0.15, 0.2) is 12.1 Å². The van der Waals surface area contributed by atoms with Crippen molar-refractivity contribution in [1.29, 1.82) is 0 Å². The summed E-state index contributed by atoms with van der Waals surface area (Å²) in [6.07, 6.45) is 1.06. The highest BCUT2D eigenvalue weighted by molar-refractivity contribution is 5.44. The number of rotatable bonds is 4. The van der Waals surface area contributed by atoms with E-state index in [9.17, 15) is 0 Å². The second-order valence-electron chi connectivity index (χ2n) is 4.69. The van der Waals surface area contributed by atoms with E-state index in [-0.39, 0.29) is 0 Å². The first-order valence-electron chi connectivity index (χ1n) is 6.59. The van der Waals surface area contributed by atoms with E-state index in [2.05, 4.69) is 30.4 Å². The zero-order valence-electron chi connectivity index (χ0n) is 10.8. The fraction of sp³-hybridized carbons (Fsp3) is 0.636. The number of hydrogen-bond donors (Lipinski definition) is 1. The molecule has 0 aliphatic carbocycles. The SMILES string of the molecule is NCCCN1CCN(c2ccc3nnnn3n2)CC1. The molecule has 8 nitrogen and oxygen atoms in total. The highest BCUT2D eigenvalue weighted by Gasteiger charge is 2.18. The largest absolute Gasteiger partial charge is 0.353 e. The fourth-order valence-corrected chi connectivity index (χ4v) is 2.32. The normalized spacial score (nSPS) is 17.2. The number of piperazine rings is 1. The lowest BCUT2D eigenvalue weighted by molar-refractivity contribution is 0.255. The van der Waals surface area contributed by atoms with Crippen molar-refractivity contribution < 1.29 is 0 Å². The van der Waals surface area contributed by atoms with Crippen molar-refractivity contribution in [2.45, 2.75) is 6.42 Å². The molecule has 1 saturated heterocycles. The number of anilines is 1. The third-order valence-corrected chi connectivity index (χ3v) is 3.43. The molecule has 1 aliphatic rings. The Hall–Kier alpha value is -1.80. The van der Waals surface area contributed by atoms with Gasteiger partial charge in [-0.3, -0.25) is 4.90 Å². The summed E-state index contributed by atoms with van der Waals surface area (Å²) in [6, 6.07) is 3.87. The number of nitrogens with two attached hydrogens (primary N) is 1. The average molecular weight is 262 g/mol. The summed E-state index contributed by atoms with van der Waals surface area (Å²) >= 11 is 0. The summed E-state index contributed by atoms with van der Waals surface area (Å²) in [5, 5.41) is 15.7. The summed E-state index contributed by atoms with van der Waals surface area (Å²) in [4.78, 5) is 4.71. The molecule has 0 spiro atoms. The Morgan fingerprint density at radius 3 is 2.79 bits per heavy atom. The minimum absolute atomic E-state index is 0.672. The quantitative estimate of drug-likeness (QED) is 0.755. The Morgan fingerprint density at radius 2 is 2.00 bits per heavy atom. The molecule has 2 N–H and O–H groups in total. The van der Waals surface area contributed by atoms with Gasteiger partial charge >= 0.3 is 0 Å². The van der Waals surface area contributed by atoms with Gasteiger partial charge in [0.2, 0.25) is 0 Å². The molecule has 1 fully saturated rings. The van der Waals surface area contributed by atoms with Crippen LogP contribution in [0.4, 0.5) is 5.82 Å². The van der Waals surface area contributed by atoms with E-state index in [1.165, 1.54) is 4.63 Å². The minimum atomic E-state index is 0.672. The molecule has 0 atom stereocenters. The lowest BCUT2D eigenvalue weighted by atomic mass is 10.3. The molecule has 2 aromatic rings. The highest BCUT2D eigenvalue weighted by Crippen LogP contribution is 2.13. The number of fused-ring (bicyclic) bond motifs is 1. The molecule has 1 aliphatic heterocycles. The van der Waals surface area contributed by atoms with Crippen molar-refractivity contribution in [3.8, 4) is 0 Å². The number of nitrogens with zero attached hydrogens (tertiary/aromatic N) is 7. The van der Waals surface area contributed by atoms with Crippen LogP contribution in [0, 0.1) is 0 Å². The van der Waals surface area contributed by atoms with Gasteiger partial charge in [-0.05, 0) is 42.1 Å². The first kappa shape index (κ1) is 12.2. The zero-order chi connectivity index (χ0) is 13.1. The standard InChI is InChI=1S/C11H18N8/c12-4-1-5-17-6-8-18(9-7-17)11-3-2-10-13-15-16-19(10)14-11/h2-3H,1,4-9,12H2. The number of tetrazole rings is 1. The second kappa shape index (κ2) is 5.45. The third kappa shape index (κ3) is 2.64. The van der Waals surface area contributed by atoms with Gasteiger partial charge in [-0.25, -0.2) is 0 Å². The van der Waals surface area contributed by atoms with Crippen LogP contribution in [0.3, 0.4) is 0 Å². The molecule has 102 valence electrons. The molecule has 3 rings (SSSR count). The van der Waals surface area contributed by atoms with E-state index in [1.54, 1.807) is 0 Å². The van der Waals surface area contributed by atoms with E-state index >= 15 is 0 Å². The van der Waals surface area contributed by atoms with Crippen LogP contribution in [-0.2, 0) is 0 Å². The van der Waals surface area contributed by atoms with Gasteiger partial charge in [-0.2, -0.15) is 0 Å². The summed E-state index contributed by atoms with van der Waals surface area (Å²) in [5.41, 5.74) is 6.21. The lowest BCUT2D eigenvalue weighted by Crippen LogP contribution is -2.47. The summed E-state index contributed by atoms with van der Waals surface area (Å²) < 4.78 is 1.47. The van der Waals surface area contributed by atoms with Crippen LogP contribution in [-0.4, -0.2) is 69.4 Å². The highest BCUT2D eigenvalue weighted by atomic mass is 15.6. The molecule has 0 bridgehead atoms. The Bertz CT molecular complexity index is 530. The van der Waals surface area contributed by atoms with Crippen molar-refractivity contribution in [3.05, 3.63) is 12.1 Å². The van der Waals surface area contributed by atoms with Gasteiger partial charge in [0, 0.05) is 26.2 Å². The summed E-state index contributed by atoms with van der Waals surface area (Å²) in [5.74, 6) is 0.929. The van der Waals surface area contributed by atoms with E-state index in [0.29, 0.717) is 5.65 Å². The van der Waals surface area contributed by atoms with Crippen LogP contribution in [0.5, 0.6) is 0 Å². The van der Waals surface area contributed by atoms with E-state index in [0.717, 1.165) is 51.5 Å². The van der Waals surface area contributed by atoms with E-state index < -0.39 is 0 Å². The van der Waals surface area contributed by atoms with Gasteiger partial charge in [0.1, 0.15) is 0 Å². The van der Waals surface area contributed by atoms with Gasteiger partial charge in [0.25, 0.3) is 0 Å². The minimum Gasteiger partial charge on any atom is -0.353 e. The monoisotopic (exact) mass is 262 g/mol. The van der Waals surface area contributed by atoms with Crippen LogP contribution >= 0.6 is 0 Å². The average Bonchev–Trinajstić information content (AvgIpc) is 2.93. The predicted octanol–water partition coefficient (Wildman–Crippen LogP) is -1.01. The molecule has 3 heterocycles. The summed E-state index contributed by atoms with van der Waals surface area (Å²) in [6.45, 7) is 5.91. The smallest absolute Gasteiger partial charge is 0.200 e. The van der Waals surface area contributed by atoms with E-state index in [1.807, 2.05) is 12.1 Å². The second-order valence-corrected chi connectivity index (χ2v) is 4.69. The molecular weight excluding hydrogens is 244 g/mol. The van der Waals surface area contributed by atoms with Crippen molar-refractivity contribution in [2.75, 3.05) is 44.2 Å². The molecule has 0 amide bonds. The molecule has 2 aromatic heterocycles. The third-order valence-electron chi connectivity index (χ3n) is 3.43. The topological polar surface area (TPSA) is 88.5 Å². The van der Waals surface area contributed by atoms with Crippen molar-refractivity contribution in [1.82, 2.24) is 30.2 Å². The molecule has 8 heteroatoms. The van der Waals surface area contributed by atoms with Crippen molar-refractivity contribution in [3.63, 3.8) is 0 Å². The van der Waals surface area contributed by atoms with Crippen LogP contribution in [0.1, 0.15) is 6.42 Å². The maximum absolute atomic E-state index is 5.54. The molecule has 0 radical (unpaired) electrons. The van der Waals surface area contributed by atoms with Crippen molar-refractivity contribution in [2.24, 2.45) is 5.73 Å². The Morgan fingerprint density at radius 1 is 1.16 bits per heavy atom. The lowest BCUT2D eigenvalue weighted by Gasteiger charge is -2.35. The molecule has 0 unspecified atom stereocenters. The predicted molar refractivity (Wildman–Crippen MR) is 70.9 cm³/mol. The van der Waals surface area contributed by atoms with Gasteiger partial charge in [0.05, 0.1) is 0 Å². The van der Waals surface area contributed by atoms with Crippen LogP contribution in [0.25, 0.3) is 5.65 Å². The summed E-state index contributed by atoms with van der Waals surface area (Å²) in [7, 11) is 0. The van der Waals surface area contributed by atoms with Gasteiger partial charge in [0.15, 0.2) is 11.5 Å². The fourth-order valence-electron chi connectivity index (χ4n) is 2.32. The van der Waals surface area contributed by atoms with Gasteiger partial charge < -0.3 is 10.6 Å². The van der Waals surface area contributed by atoms with E-state index in [4.69, 9.17) is 5.73 Å². The Kier molecular flexibility index (Phi) is 3.51. The van der Waals surface area contributed by atoms with Crippen LogP contribution in [0.2, 0.25) is 0 Å². The molecule has 19 heavy (non-hydrogen) atoms.